The lowest BCUT2D eigenvalue weighted by molar-refractivity contribution is -0.0671. The van der Waals surface area contributed by atoms with Gasteiger partial charge in [-0.2, -0.15) is 0 Å². The van der Waals surface area contributed by atoms with E-state index in [1.165, 1.54) is 0 Å². The van der Waals surface area contributed by atoms with Crippen molar-refractivity contribution in [2.24, 2.45) is 0 Å². The van der Waals surface area contributed by atoms with Crippen molar-refractivity contribution in [2.45, 2.75) is 37.4 Å². The minimum atomic E-state index is -3.46. The molecule has 0 unspecified atom stereocenters. The van der Waals surface area contributed by atoms with E-state index in [1.54, 1.807) is 12.1 Å². The van der Waals surface area contributed by atoms with Crippen LogP contribution in [0.15, 0.2) is 29.2 Å². The first-order chi connectivity index (χ1) is 10.9. The molecule has 0 bridgehead atoms. The van der Waals surface area contributed by atoms with Crippen LogP contribution in [0, 0.1) is 0 Å². The molecule has 0 saturated carbocycles. The van der Waals surface area contributed by atoms with Gasteiger partial charge in [0.15, 0.2) is 0 Å². The molecule has 1 aliphatic rings. The fraction of sp³-hybridized carbons (Fsp3) is 0.625. The molecule has 5 nitrogen and oxygen atoms in total. The summed E-state index contributed by atoms with van der Waals surface area (Å²) in [4.78, 5) is 2.52. The summed E-state index contributed by atoms with van der Waals surface area (Å²) in [7, 11) is -3.46. The second-order valence-corrected chi connectivity index (χ2v) is 8.14. The highest BCUT2D eigenvalue weighted by molar-refractivity contribution is 7.89. The Bertz CT molecular complexity index is 582. The number of morpholine rings is 1. The van der Waals surface area contributed by atoms with Gasteiger partial charge in [-0.3, -0.25) is 4.90 Å². The standard InChI is InChI=1S/C16H25ClN2O3S/c1-13-11-19(12-14(2)22-13)10-9-18-23(20,21)16-5-3-15(4-6-16)7-8-17/h3-6,13-14,18H,7-12H2,1-2H3/t13-,14-/m0/s1. The lowest BCUT2D eigenvalue weighted by atomic mass is 10.2. The van der Waals surface area contributed by atoms with Gasteiger partial charge in [0, 0.05) is 32.1 Å². The maximum absolute atomic E-state index is 12.3. The van der Waals surface area contributed by atoms with Gasteiger partial charge in [-0.25, -0.2) is 13.1 Å². The Labute approximate surface area is 144 Å². The Kier molecular flexibility index (Phi) is 6.85. The van der Waals surface area contributed by atoms with Crippen molar-refractivity contribution < 1.29 is 13.2 Å². The summed E-state index contributed by atoms with van der Waals surface area (Å²) in [6.07, 6.45) is 1.11. The molecule has 2 rings (SSSR count). The van der Waals surface area contributed by atoms with Crippen LogP contribution in [-0.2, 0) is 21.2 Å². The van der Waals surface area contributed by atoms with Gasteiger partial charge < -0.3 is 4.74 Å². The second kappa shape index (κ2) is 8.44. The van der Waals surface area contributed by atoms with Crippen molar-refractivity contribution in [1.82, 2.24) is 9.62 Å². The van der Waals surface area contributed by atoms with Crippen LogP contribution in [0.4, 0.5) is 0 Å². The van der Waals surface area contributed by atoms with E-state index in [2.05, 4.69) is 9.62 Å². The molecule has 7 heteroatoms. The van der Waals surface area contributed by atoms with Crippen LogP contribution >= 0.6 is 11.6 Å². The lowest BCUT2D eigenvalue weighted by Gasteiger charge is -2.35. The summed E-state index contributed by atoms with van der Waals surface area (Å²) in [5.41, 5.74) is 1.04. The molecule has 1 aromatic carbocycles. The first-order valence-electron chi connectivity index (χ1n) is 7.93. The molecule has 23 heavy (non-hydrogen) atoms. The molecule has 2 atom stereocenters. The summed E-state index contributed by atoms with van der Waals surface area (Å²) in [5, 5.41) is 0. The lowest BCUT2D eigenvalue weighted by Crippen LogP contribution is -2.47. The number of hydrogen-bond acceptors (Lipinski definition) is 4. The van der Waals surface area contributed by atoms with Crippen LogP contribution < -0.4 is 4.72 Å². The summed E-state index contributed by atoms with van der Waals surface area (Å²) >= 11 is 5.68. The van der Waals surface area contributed by atoms with Crippen LogP contribution in [0.3, 0.4) is 0 Å². The number of benzene rings is 1. The number of hydrogen-bond donors (Lipinski definition) is 1. The van der Waals surface area contributed by atoms with Gasteiger partial charge in [-0.05, 0) is 38.0 Å². The molecule has 1 fully saturated rings. The fourth-order valence-electron chi connectivity index (χ4n) is 2.83. The van der Waals surface area contributed by atoms with Gasteiger partial charge in [-0.1, -0.05) is 12.1 Å². The van der Waals surface area contributed by atoms with Gasteiger partial charge >= 0.3 is 0 Å². The Morgan fingerprint density at radius 3 is 2.39 bits per heavy atom. The molecule has 0 aromatic heterocycles. The molecule has 1 N–H and O–H groups in total. The Morgan fingerprint density at radius 1 is 1.22 bits per heavy atom. The van der Waals surface area contributed by atoms with Gasteiger partial charge in [0.1, 0.15) is 0 Å². The predicted octanol–water partition coefficient (Wildman–Crippen LogP) is 1.86. The minimum Gasteiger partial charge on any atom is -0.373 e. The topological polar surface area (TPSA) is 58.6 Å². The molecule has 0 aliphatic carbocycles. The van der Waals surface area contributed by atoms with E-state index in [1.807, 2.05) is 26.0 Å². The molecule has 1 heterocycles. The number of ether oxygens (including phenoxy) is 1. The highest BCUT2D eigenvalue weighted by Gasteiger charge is 2.22. The highest BCUT2D eigenvalue weighted by Crippen LogP contribution is 2.12. The Morgan fingerprint density at radius 2 is 1.83 bits per heavy atom. The largest absolute Gasteiger partial charge is 0.373 e. The summed E-state index contributed by atoms with van der Waals surface area (Å²) in [5.74, 6) is 0.529. The third kappa shape index (κ3) is 5.72. The predicted molar refractivity (Wildman–Crippen MR) is 92.5 cm³/mol. The van der Waals surface area contributed by atoms with Gasteiger partial charge in [0.25, 0.3) is 0 Å². The van der Waals surface area contributed by atoms with E-state index < -0.39 is 10.0 Å². The molecule has 0 radical (unpaired) electrons. The summed E-state index contributed by atoms with van der Waals surface area (Å²) in [6.45, 7) is 6.82. The van der Waals surface area contributed by atoms with E-state index in [-0.39, 0.29) is 12.2 Å². The Hall–Kier alpha value is -0.660. The number of nitrogens with one attached hydrogen (secondary N) is 1. The van der Waals surface area contributed by atoms with Crippen LogP contribution in [0.1, 0.15) is 19.4 Å². The monoisotopic (exact) mass is 360 g/mol. The zero-order valence-corrected chi connectivity index (χ0v) is 15.2. The van der Waals surface area contributed by atoms with E-state index in [0.717, 1.165) is 25.1 Å². The number of aryl methyl sites for hydroxylation is 1. The van der Waals surface area contributed by atoms with Gasteiger partial charge in [-0.15, -0.1) is 11.6 Å². The fourth-order valence-corrected chi connectivity index (χ4v) is 4.07. The van der Waals surface area contributed by atoms with E-state index in [4.69, 9.17) is 16.3 Å². The van der Waals surface area contributed by atoms with Crippen molar-refractivity contribution in [3.05, 3.63) is 29.8 Å². The van der Waals surface area contributed by atoms with Gasteiger partial charge in [0.05, 0.1) is 17.1 Å². The first kappa shape index (κ1) is 18.7. The molecule has 0 amide bonds. The van der Waals surface area contributed by atoms with Crippen molar-refractivity contribution in [1.29, 1.82) is 0 Å². The van der Waals surface area contributed by atoms with Crippen LogP contribution in [0.25, 0.3) is 0 Å². The SMILES string of the molecule is C[C@H]1CN(CCNS(=O)(=O)c2ccc(CCCl)cc2)C[C@H](C)O1. The smallest absolute Gasteiger partial charge is 0.240 e. The number of alkyl halides is 1. The van der Waals surface area contributed by atoms with Crippen molar-refractivity contribution >= 4 is 21.6 Å². The van der Waals surface area contributed by atoms with E-state index >= 15 is 0 Å². The van der Waals surface area contributed by atoms with Gasteiger partial charge in [0.2, 0.25) is 10.0 Å². The van der Waals surface area contributed by atoms with Crippen LogP contribution in [0.2, 0.25) is 0 Å². The van der Waals surface area contributed by atoms with Crippen molar-refractivity contribution in [3.63, 3.8) is 0 Å². The zero-order valence-electron chi connectivity index (χ0n) is 13.7. The normalized spacial score (nSPS) is 23.1. The average molecular weight is 361 g/mol. The van der Waals surface area contributed by atoms with E-state index in [9.17, 15) is 8.42 Å². The minimum absolute atomic E-state index is 0.185. The number of sulfonamides is 1. The molecule has 130 valence electrons. The van der Waals surface area contributed by atoms with Crippen molar-refractivity contribution in [2.75, 3.05) is 32.1 Å². The second-order valence-electron chi connectivity index (χ2n) is 6.00. The van der Waals surface area contributed by atoms with Crippen LogP contribution in [-0.4, -0.2) is 57.6 Å². The number of rotatable bonds is 7. The van der Waals surface area contributed by atoms with Crippen molar-refractivity contribution in [3.8, 4) is 0 Å². The number of halogens is 1. The molecular formula is C16H25ClN2O3S. The quantitative estimate of drug-likeness (QED) is 0.754. The van der Waals surface area contributed by atoms with E-state index in [0.29, 0.717) is 23.9 Å². The Balaban J connectivity index is 1.86. The first-order valence-corrected chi connectivity index (χ1v) is 9.95. The molecule has 0 spiro atoms. The summed E-state index contributed by atoms with van der Waals surface area (Å²) < 4.78 is 32.9. The highest BCUT2D eigenvalue weighted by atomic mass is 35.5. The average Bonchev–Trinajstić information content (AvgIpc) is 2.47. The molecule has 1 saturated heterocycles. The maximum Gasteiger partial charge on any atom is 0.240 e. The molecule has 1 aliphatic heterocycles. The third-order valence-electron chi connectivity index (χ3n) is 3.83. The summed E-state index contributed by atoms with van der Waals surface area (Å²) in [6, 6.07) is 6.87. The van der Waals surface area contributed by atoms with Crippen LogP contribution in [0.5, 0.6) is 0 Å². The third-order valence-corrected chi connectivity index (χ3v) is 5.50. The maximum atomic E-state index is 12.3. The zero-order chi connectivity index (χ0) is 16.9. The molecular weight excluding hydrogens is 336 g/mol. The molecule has 1 aromatic rings. The number of nitrogens with zero attached hydrogens (tertiary/aromatic N) is 1.